The highest BCUT2D eigenvalue weighted by molar-refractivity contribution is 14.1. The lowest BCUT2D eigenvalue weighted by Crippen LogP contribution is -2.01. The van der Waals surface area contributed by atoms with E-state index in [-0.39, 0.29) is 0 Å². The van der Waals surface area contributed by atoms with Crippen molar-refractivity contribution in [2.24, 2.45) is 0 Å². The molecule has 2 rings (SSSR count). The lowest BCUT2D eigenvalue weighted by atomic mass is 10.2. The molecule has 0 spiro atoms. The van der Waals surface area contributed by atoms with Gasteiger partial charge in [0, 0.05) is 25.3 Å². The van der Waals surface area contributed by atoms with E-state index >= 15 is 0 Å². The van der Waals surface area contributed by atoms with Gasteiger partial charge in [-0.15, -0.1) is 0 Å². The molecule has 0 aliphatic rings. The van der Waals surface area contributed by atoms with Crippen LogP contribution in [0.2, 0.25) is 5.02 Å². The van der Waals surface area contributed by atoms with Crippen LogP contribution in [0.3, 0.4) is 0 Å². The molecular weight excluding hydrogens is 424 g/mol. The van der Waals surface area contributed by atoms with E-state index in [1.165, 1.54) is 14.7 Å². The van der Waals surface area contributed by atoms with Crippen molar-refractivity contribution < 1.29 is 0 Å². The molecule has 0 saturated heterocycles. The summed E-state index contributed by atoms with van der Waals surface area (Å²) in [6.07, 6.45) is 0. The highest BCUT2D eigenvalue weighted by atomic mass is 127. The molecule has 2 aromatic rings. The summed E-state index contributed by atoms with van der Waals surface area (Å²) in [6.45, 7) is 2.89. The maximum Gasteiger partial charge on any atom is 0.0417 e. The number of benzene rings is 2. The van der Waals surface area contributed by atoms with Crippen LogP contribution in [-0.2, 0) is 6.54 Å². The third-order valence-corrected chi connectivity index (χ3v) is 4.32. The Morgan fingerprint density at radius 3 is 2.67 bits per heavy atom. The van der Waals surface area contributed by atoms with Crippen molar-refractivity contribution >= 4 is 55.8 Å². The minimum absolute atomic E-state index is 0.746. The molecular formula is C14H12BrClIN. The van der Waals surface area contributed by atoms with Crippen molar-refractivity contribution in [1.29, 1.82) is 0 Å². The average molecular weight is 437 g/mol. The molecule has 94 valence electrons. The van der Waals surface area contributed by atoms with Gasteiger partial charge in [-0.05, 0) is 71.0 Å². The molecule has 0 heterocycles. The molecule has 0 fully saturated rings. The van der Waals surface area contributed by atoms with E-state index < -0.39 is 0 Å². The minimum atomic E-state index is 0.746. The third-order valence-electron chi connectivity index (χ3n) is 2.67. The van der Waals surface area contributed by atoms with Crippen LogP contribution in [0.4, 0.5) is 5.69 Å². The molecule has 0 radical (unpaired) electrons. The first-order chi connectivity index (χ1) is 8.56. The van der Waals surface area contributed by atoms with Gasteiger partial charge >= 0.3 is 0 Å². The first kappa shape index (κ1) is 14.2. The Morgan fingerprint density at radius 1 is 1.22 bits per heavy atom. The summed E-state index contributed by atoms with van der Waals surface area (Å²) in [5.74, 6) is 0. The minimum Gasteiger partial charge on any atom is -0.381 e. The Balaban J connectivity index is 2.11. The fraction of sp³-hybridized carbons (Fsp3) is 0.143. The van der Waals surface area contributed by atoms with Gasteiger partial charge in [-0.25, -0.2) is 0 Å². The van der Waals surface area contributed by atoms with Gasteiger partial charge in [0.05, 0.1) is 0 Å². The third kappa shape index (κ3) is 3.62. The average Bonchev–Trinajstić information content (AvgIpc) is 2.30. The topological polar surface area (TPSA) is 12.0 Å². The Bertz CT molecular complexity index is 520. The molecule has 18 heavy (non-hydrogen) atoms. The first-order valence-corrected chi connectivity index (χ1v) is 7.75. The summed E-state index contributed by atoms with van der Waals surface area (Å²) in [5, 5.41) is 4.19. The predicted molar refractivity (Wildman–Crippen MR) is 90.4 cm³/mol. The Hall–Kier alpha value is -0.260. The highest BCUT2D eigenvalue weighted by Crippen LogP contribution is 2.24. The van der Waals surface area contributed by atoms with Crippen LogP contribution in [0.1, 0.15) is 11.1 Å². The van der Waals surface area contributed by atoms with Crippen LogP contribution in [0.25, 0.3) is 0 Å². The van der Waals surface area contributed by atoms with E-state index in [0.29, 0.717) is 0 Å². The second-order valence-electron chi connectivity index (χ2n) is 4.05. The number of rotatable bonds is 3. The maximum absolute atomic E-state index is 5.93. The Labute approximate surface area is 134 Å². The SMILES string of the molecule is Cc1cc(I)ccc1NCc1ccc(Cl)cc1Br. The normalized spacial score (nSPS) is 10.4. The molecule has 0 saturated carbocycles. The lowest BCUT2D eigenvalue weighted by Gasteiger charge is -2.11. The second kappa shape index (κ2) is 6.26. The summed E-state index contributed by atoms with van der Waals surface area (Å²) in [6, 6.07) is 12.2. The van der Waals surface area contributed by atoms with Crippen molar-refractivity contribution in [3.8, 4) is 0 Å². The molecule has 2 aromatic carbocycles. The van der Waals surface area contributed by atoms with Crippen LogP contribution in [0.5, 0.6) is 0 Å². The van der Waals surface area contributed by atoms with Gasteiger partial charge in [0.15, 0.2) is 0 Å². The molecule has 0 bridgehead atoms. The van der Waals surface area contributed by atoms with Crippen LogP contribution >= 0.6 is 50.1 Å². The summed E-state index contributed by atoms with van der Waals surface area (Å²) < 4.78 is 2.29. The molecule has 0 aromatic heterocycles. The van der Waals surface area contributed by atoms with E-state index in [1.807, 2.05) is 18.2 Å². The van der Waals surface area contributed by atoms with Crippen LogP contribution < -0.4 is 5.32 Å². The zero-order chi connectivity index (χ0) is 13.1. The quantitative estimate of drug-likeness (QED) is 0.615. The van der Waals surface area contributed by atoms with Crippen LogP contribution in [0, 0.1) is 10.5 Å². The van der Waals surface area contributed by atoms with Crippen molar-refractivity contribution in [2.45, 2.75) is 13.5 Å². The van der Waals surface area contributed by atoms with E-state index in [9.17, 15) is 0 Å². The number of anilines is 1. The van der Waals surface area contributed by atoms with Gasteiger partial charge in [-0.2, -0.15) is 0 Å². The summed E-state index contributed by atoms with van der Waals surface area (Å²) in [4.78, 5) is 0. The van der Waals surface area contributed by atoms with Crippen LogP contribution in [-0.4, -0.2) is 0 Å². The van der Waals surface area contributed by atoms with Crippen LogP contribution in [0.15, 0.2) is 40.9 Å². The zero-order valence-corrected chi connectivity index (χ0v) is 14.3. The van der Waals surface area contributed by atoms with E-state index in [1.54, 1.807) is 0 Å². The van der Waals surface area contributed by atoms with E-state index in [2.05, 4.69) is 69.0 Å². The standard InChI is InChI=1S/C14H12BrClIN/c1-9-6-12(17)4-5-14(9)18-8-10-2-3-11(16)7-13(10)15/h2-7,18H,8H2,1H3. The fourth-order valence-corrected chi connectivity index (χ4v) is 3.15. The number of nitrogens with one attached hydrogen (secondary N) is 1. The Morgan fingerprint density at radius 2 is 2.00 bits per heavy atom. The number of halogens is 3. The van der Waals surface area contributed by atoms with Gasteiger partial charge in [0.25, 0.3) is 0 Å². The molecule has 0 aliphatic carbocycles. The number of aryl methyl sites for hydroxylation is 1. The maximum atomic E-state index is 5.93. The lowest BCUT2D eigenvalue weighted by molar-refractivity contribution is 1.13. The number of hydrogen-bond acceptors (Lipinski definition) is 1. The van der Waals surface area contributed by atoms with Crippen molar-refractivity contribution in [3.05, 3.63) is 60.6 Å². The van der Waals surface area contributed by atoms with Crippen molar-refractivity contribution in [1.82, 2.24) is 0 Å². The van der Waals surface area contributed by atoms with E-state index in [0.717, 1.165) is 21.7 Å². The smallest absolute Gasteiger partial charge is 0.0417 e. The molecule has 0 unspecified atom stereocenters. The zero-order valence-electron chi connectivity index (χ0n) is 9.81. The molecule has 1 N–H and O–H groups in total. The Kier molecular flexibility index (Phi) is 4.92. The second-order valence-corrected chi connectivity index (χ2v) is 6.58. The molecule has 4 heteroatoms. The van der Waals surface area contributed by atoms with E-state index in [4.69, 9.17) is 11.6 Å². The first-order valence-electron chi connectivity index (χ1n) is 5.50. The summed E-state index contributed by atoms with van der Waals surface area (Å²) >= 11 is 11.8. The summed E-state index contributed by atoms with van der Waals surface area (Å²) in [7, 11) is 0. The van der Waals surface area contributed by atoms with Gasteiger partial charge in [0.1, 0.15) is 0 Å². The van der Waals surface area contributed by atoms with Gasteiger partial charge < -0.3 is 5.32 Å². The van der Waals surface area contributed by atoms with Gasteiger partial charge in [-0.1, -0.05) is 33.6 Å². The van der Waals surface area contributed by atoms with Crippen molar-refractivity contribution in [2.75, 3.05) is 5.32 Å². The fourth-order valence-electron chi connectivity index (χ4n) is 1.68. The molecule has 0 amide bonds. The molecule has 1 nitrogen and oxygen atoms in total. The highest BCUT2D eigenvalue weighted by Gasteiger charge is 2.02. The largest absolute Gasteiger partial charge is 0.381 e. The number of hydrogen-bond donors (Lipinski definition) is 1. The predicted octanol–water partition coefficient (Wildman–Crippen LogP) is 5.63. The molecule has 0 atom stereocenters. The van der Waals surface area contributed by atoms with Gasteiger partial charge in [-0.3, -0.25) is 0 Å². The molecule has 0 aliphatic heterocycles. The monoisotopic (exact) mass is 435 g/mol. The summed E-state index contributed by atoms with van der Waals surface area (Å²) in [5.41, 5.74) is 3.61. The van der Waals surface area contributed by atoms with Gasteiger partial charge in [0.2, 0.25) is 0 Å². The van der Waals surface area contributed by atoms with Crippen molar-refractivity contribution in [3.63, 3.8) is 0 Å².